The van der Waals surface area contributed by atoms with Gasteiger partial charge in [-0.3, -0.25) is 9.59 Å². The van der Waals surface area contributed by atoms with Crippen molar-refractivity contribution in [3.05, 3.63) is 29.3 Å². The van der Waals surface area contributed by atoms with Crippen molar-refractivity contribution in [2.45, 2.75) is 51.8 Å². The van der Waals surface area contributed by atoms with Crippen LogP contribution in [-0.4, -0.2) is 22.6 Å². The van der Waals surface area contributed by atoms with Crippen molar-refractivity contribution in [3.63, 3.8) is 0 Å². The zero-order chi connectivity index (χ0) is 16.7. The smallest absolute Gasteiger partial charge is 0.232 e. The summed E-state index contributed by atoms with van der Waals surface area (Å²) in [6, 6.07) is 5.70. The molecule has 1 aliphatic rings. The van der Waals surface area contributed by atoms with Crippen molar-refractivity contribution in [2.24, 2.45) is 5.41 Å². The predicted molar refractivity (Wildman–Crippen MR) is 93.9 cm³/mol. The van der Waals surface area contributed by atoms with Gasteiger partial charge in [0.05, 0.1) is 4.32 Å². The molecule has 0 saturated carbocycles. The second-order valence-corrected chi connectivity index (χ2v) is 9.44. The van der Waals surface area contributed by atoms with E-state index in [-0.39, 0.29) is 11.7 Å². The van der Waals surface area contributed by atoms with Crippen molar-refractivity contribution >= 4 is 33.3 Å². The first-order valence-electron chi connectivity index (χ1n) is 7.70. The number of amides is 1. The number of hydrogen-bond donors (Lipinski definition) is 0. The van der Waals surface area contributed by atoms with E-state index in [1.807, 2.05) is 57.7 Å². The third-order valence-corrected chi connectivity index (χ3v) is 4.25. The highest BCUT2D eigenvalue weighted by atomic mass is 79.9. The molecule has 3 nitrogen and oxygen atoms in total. The first kappa shape index (κ1) is 17.2. The summed E-state index contributed by atoms with van der Waals surface area (Å²) in [4.78, 5) is 26.9. The number of fused-ring (bicyclic) bond motifs is 1. The van der Waals surface area contributed by atoms with Gasteiger partial charge in [-0.2, -0.15) is 0 Å². The number of benzene rings is 1. The summed E-state index contributed by atoms with van der Waals surface area (Å²) in [7, 11) is 0. The summed E-state index contributed by atoms with van der Waals surface area (Å²) >= 11 is 3.42. The molecule has 0 aliphatic carbocycles. The van der Waals surface area contributed by atoms with Crippen molar-refractivity contribution in [1.29, 1.82) is 0 Å². The number of nitrogens with zero attached hydrogens (tertiary/aromatic N) is 1. The number of anilines is 1. The molecule has 1 amide bonds. The highest BCUT2D eigenvalue weighted by molar-refractivity contribution is 9.10. The normalized spacial score (nSPS) is 15.5. The van der Waals surface area contributed by atoms with Crippen LogP contribution in [0.5, 0.6) is 0 Å². The van der Waals surface area contributed by atoms with Gasteiger partial charge in [0.1, 0.15) is 0 Å². The molecule has 1 aromatic rings. The lowest BCUT2D eigenvalue weighted by Gasteiger charge is -2.34. The first-order chi connectivity index (χ1) is 10.0. The van der Waals surface area contributed by atoms with Crippen molar-refractivity contribution < 1.29 is 9.59 Å². The van der Waals surface area contributed by atoms with Crippen LogP contribution in [0, 0.1) is 5.41 Å². The summed E-state index contributed by atoms with van der Waals surface area (Å²) in [5.74, 6) is 0.197. The number of carbonyl (C=O) groups excluding carboxylic acids is 2. The highest BCUT2D eigenvalue weighted by Crippen LogP contribution is 2.33. The van der Waals surface area contributed by atoms with Crippen molar-refractivity contribution in [1.82, 2.24) is 0 Å². The maximum atomic E-state index is 12.6. The number of carbonyl (C=O) groups is 2. The Morgan fingerprint density at radius 3 is 2.32 bits per heavy atom. The topological polar surface area (TPSA) is 37.4 Å². The molecule has 1 aromatic carbocycles. The largest absolute Gasteiger partial charge is 0.312 e. The van der Waals surface area contributed by atoms with Crippen LogP contribution in [0.2, 0.25) is 0 Å². The molecule has 1 aliphatic heterocycles. The van der Waals surface area contributed by atoms with Gasteiger partial charge in [0.2, 0.25) is 5.91 Å². The minimum Gasteiger partial charge on any atom is -0.312 e. The quantitative estimate of drug-likeness (QED) is 0.576. The molecule has 0 fully saturated rings. The van der Waals surface area contributed by atoms with E-state index in [1.54, 1.807) is 0 Å². The van der Waals surface area contributed by atoms with Crippen LogP contribution in [0.4, 0.5) is 5.69 Å². The van der Waals surface area contributed by atoms with Crippen LogP contribution in [0.15, 0.2) is 18.2 Å². The maximum absolute atomic E-state index is 12.6. The molecule has 1 heterocycles. The zero-order valence-corrected chi connectivity index (χ0v) is 15.6. The third-order valence-electron chi connectivity index (χ3n) is 3.89. The molecule has 0 unspecified atom stereocenters. The highest BCUT2D eigenvalue weighted by Gasteiger charge is 2.32. The fourth-order valence-electron chi connectivity index (χ4n) is 2.70. The standard InChI is InChI=1S/C18H24BrNO2/c1-17(2,3)16(22)20-10-6-7-12-11-13(8-9-14(12)20)15(21)18(4,5)19/h8-9,11H,6-7,10H2,1-5H3. The number of halogens is 1. The molecule has 120 valence electrons. The SMILES string of the molecule is CC(C)(C)C(=O)N1CCCc2cc(C(=O)C(C)(C)Br)ccc21. The monoisotopic (exact) mass is 365 g/mol. The molecule has 0 bridgehead atoms. The van der Waals surface area contributed by atoms with E-state index in [1.165, 1.54) is 0 Å². The van der Waals surface area contributed by atoms with E-state index in [0.717, 1.165) is 30.6 Å². The number of alkyl halides is 1. The van der Waals surface area contributed by atoms with E-state index in [4.69, 9.17) is 0 Å². The number of aryl methyl sites for hydroxylation is 1. The zero-order valence-electron chi connectivity index (χ0n) is 14.0. The molecule has 0 atom stereocenters. The number of ketones is 1. The minimum absolute atomic E-state index is 0.0644. The van der Waals surface area contributed by atoms with Gasteiger partial charge in [0.15, 0.2) is 5.78 Å². The molecular weight excluding hydrogens is 342 g/mol. The lowest BCUT2D eigenvalue weighted by atomic mass is 9.90. The number of hydrogen-bond acceptors (Lipinski definition) is 2. The van der Waals surface area contributed by atoms with Gasteiger partial charge in [-0.05, 0) is 50.5 Å². The van der Waals surface area contributed by atoms with Gasteiger partial charge < -0.3 is 4.90 Å². The number of rotatable bonds is 2. The summed E-state index contributed by atoms with van der Waals surface area (Å²) in [5, 5.41) is 0. The summed E-state index contributed by atoms with van der Waals surface area (Å²) in [6.07, 6.45) is 1.84. The van der Waals surface area contributed by atoms with Crippen molar-refractivity contribution in [3.8, 4) is 0 Å². The van der Waals surface area contributed by atoms with Crippen molar-refractivity contribution in [2.75, 3.05) is 11.4 Å². The Kier molecular flexibility index (Phi) is 4.54. The van der Waals surface area contributed by atoms with Gasteiger partial charge >= 0.3 is 0 Å². The molecule has 0 radical (unpaired) electrons. The second-order valence-electron chi connectivity index (χ2n) is 7.46. The Morgan fingerprint density at radius 2 is 1.77 bits per heavy atom. The van der Waals surface area contributed by atoms with Gasteiger partial charge in [-0.15, -0.1) is 0 Å². The van der Waals surface area contributed by atoms with Crippen LogP contribution in [0.25, 0.3) is 0 Å². The molecule has 22 heavy (non-hydrogen) atoms. The van der Waals surface area contributed by atoms with Crippen LogP contribution in [0.3, 0.4) is 0 Å². The van der Waals surface area contributed by atoms with Crippen LogP contribution in [-0.2, 0) is 11.2 Å². The minimum atomic E-state index is -0.573. The fourth-order valence-corrected chi connectivity index (χ4v) is 2.93. The Morgan fingerprint density at radius 1 is 1.14 bits per heavy atom. The molecule has 0 N–H and O–H groups in total. The molecular formula is C18H24BrNO2. The first-order valence-corrected chi connectivity index (χ1v) is 8.50. The van der Waals surface area contributed by atoms with Gasteiger partial charge in [-0.1, -0.05) is 36.7 Å². The lowest BCUT2D eigenvalue weighted by molar-refractivity contribution is -0.125. The molecule has 0 aromatic heterocycles. The molecule has 2 rings (SSSR count). The van der Waals surface area contributed by atoms with E-state index >= 15 is 0 Å². The van der Waals surface area contributed by atoms with E-state index in [0.29, 0.717) is 5.56 Å². The van der Waals surface area contributed by atoms with E-state index < -0.39 is 9.74 Å². The van der Waals surface area contributed by atoms with Gasteiger partial charge in [0, 0.05) is 23.2 Å². The Hall–Kier alpha value is -1.16. The lowest BCUT2D eigenvalue weighted by Crippen LogP contribution is -2.42. The summed E-state index contributed by atoms with van der Waals surface area (Å²) < 4.78 is -0.573. The van der Waals surface area contributed by atoms with E-state index in [2.05, 4.69) is 15.9 Å². The Balaban J connectivity index is 2.39. The molecule has 0 spiro atoms. The van der Waals surface area contributed by atoms with Gasteiger partial charge in [0.25, 0.3) is 0 Å². The van der Waals surface area contributed by atoms with E-state index in [9.17, 15) is 9.59 Å². The predicted octanol–water partition coefficient (Wildman–Crippen LogP) is 4.37. The maximum Gasteiger partial charge on any atom is 0.232 e. The third kappa shape index (κ3) is 3.43. The van der Waals surface area contributed by atoms with Crippen LogP contribution in [0.1, 0.15) is 57.0 Å². The molecule has 0 saturated heterocycles. The fraction of sp³-hybridized carbons (Fsp3) is 0.556. The molecule has 4 heteroatoms. The Labute approximate surface area is 141 Å². The van der Waals surface area contributed by atoms with Crippen LogP contribution >= 0.6 is 15.9 Å². The van der Waals surface area contributed by atoms with Gasteiger partial charge in [-0.25, -0.2) is 0 Å². The number of Topliss-reactive ketones (excluding diaryl/α,β-unsaturated/α-hetero) is 1. The summed E-state index contributed by atoms with van der Waals surface area (Å²) in [6.45, 7) is 10.3. The summed E-state index contributed by atoms with van der Waals surface area (Å²) in [5.41, 5.74) is 2.34. The average molecular weight is 366 g/mol. The average Bonchev–Trinajstić information content (AvgIpc) is 2.42. The Bertz CT molecular complexity index is 608. The second kappa shape index (κ2) is 5.80. The van der Waals surface area contributed by atoms with Crippen LogP contribution < -0.4 is 4.90 Å².